The van der Waals surface area contributed by atoms with E-state index in [-0.39, 0.29) is 17.5 Å². The summed E-state index contributed by atoms with van der Waals surface area (Å²) < 4.78 is 0. The van der Waals surface area contributed by atoms with E-state index < -0.39 is 10.8 Å². The van der Waals surface area contributed by atoms with Crippen LogP contribution in [0.5, 0.6) is 0 Å². The van der Waals surface area contributed by atoms with Gasteiger partial charge in [-0.3, -0.25) is 4.79 Å². The Morgan fingerprint density at radius 3 is 2.37 bits per heavy atom. The molecule has 8 heteroatoms. The lowest BCUT2D eigenvalue weighted by Gasteiger charge is -2.54. The third-order valence-corrected chi connectivity index (χ3v) is 9.37. The molecule has 0 radical (unpaired) electrons. The highest BCUT2D eigenvalue weighted by Crippen LogP contribution is 2.63. The fourth-order valence-corrected chi connectivity index (χ4v) is 7.40. The Bertz CT molecular complexity index is 1850. The van der Waals surface area contributed by atoms with Gasteiger partial charge >= 0.3 is 5.69 Å². The summed E-state index contributed by atoms with van der Waals surface area (Å²) in [4.78, 5) is 36.4. The number of nitrogens with zero attached hydrogens (tertiary/aromatic N) is 3. The van der Waals surface area contributed by atoms with Gasteiger partial charge in [-0.2, -0.15) is 5.26 Å². The normalized spacial score (nSPS) is 21.9. The minimum Gasteiger partial charge on any atom is -0.312 e. The SMILES string of the molecule is CC1(C(=O)Nc2nc(Cc3ccc(-c4cnc(=O)[nH]c4)cc3)cs2)CC2(C#N)c3ccccc3C1c1ccccc12. The number of aromatic nitrogens is 3. The summed E-state index contributed by atoms with van der Waals surface area (Å²) in [6, 6.07) is 26.8. The van der Waals surface area contributed by atoms with Crippen molar-refractivity contribution in [3.8, 4) is 17.2 Å². The van der Waals surface area contributed by atoms with E-state index >= 15 is 0 Å². The van der Waals surface area contributed by atoms with Crippen molar-refractivity contribution >= 4 is 22.4 Å². The van der Waals surface area contributed by atoms with Gasteiger partial charge in [0.2, 0.25) is 5.91 Å². The summed E-state index contributed by atoms with van der Waals surface area (Å²) in [5.41, 5.74) is 5.79. The summed E-state index contributed by atoms with van der Waals surface area (Å²) in [6.45, 7) is 1.99. The Morgan fingerprint density at radius 2 is 1.73 bits per heavy atom. The first-order valence-electron chi connectivity index (χ1n) is 13.4. The Morgan fingerprint density at radius 1 is 1.05 bits per heavy atom. The van der Waals surface area contributed by atoms with Crippen molar-refractivity contribution in [3.05, 3.63) is 135 Å². The van der Waals surface area contributed by atoms with Gasteiger partial charge in [0.1, 0.15) is 5.41 Å². The van der Waals surface area contributed by atoms with Crippen molar-refractivity contribution in [1.29, 1.82) is 5.26 Å². The molecule has 3 aromatic carbocycles. The minimum atomic E-state index is -0.876. The van der Waals surface area contributed by atoms with E-state index in [2.05, 4.69) is 33.5 Å². The van der Waals surface area contributed by atoms with Gasteiger partial charge in [-0.15, -0.1) is 11.3 Å². The molecule has 3 aliphatic carbocycles. The predicted molar refractivity (Wildman–Crippen MR) is 158 cm³/mol. The summed E-state index contributed by atoms with van der Waals surface area (Å²) in [6.07, 6.45) is 4.23. The summed E-state index contributed by atoms with van der Waals surface area (Å²) in [5.74, 6) is -0.272. The number of thiazole rings is 1. The van der Waals surface area contributed by atoms with Crippen LogP contribution < -0.4 is 11.0 Å². The molecule has 8 rings (SSSR count). The maximum absolute atomic E-state index is 14.0. The van der Waals surface area contributed by atoms with Crippen molar-refractivity contribution in [1.82, 2.24) is 15.0 Å². The number of hydrogen-bond acceptors (Lipinski definition) is 6. The molecular weight excluding hydrogens is 530 g/mol. The van der Waals surface area contributed by atoms with Crippen molar-refractivity contribution < 1.29 is 4.79 Å². The zero-order chi connectivity index (χ0) is 28.2. The number of nitriles is 1. The van der Waals surface area contributed by atoms with Gasteiger partial charge in [0.25, 0.3) is 0 Å². The number of rotatable bonds is 5. The summed E-state index contributed by atoms with van der Waals surface area (Å²) >= 11 is 1.41. The molecule has 5 aromatic rings. The van der Waals surface area contributed by atoms with Gasteiger partial charge in [-0.1, -0.05) is 72.8 Å². The lowest BCUT2D eigenvalue weighted by Crippen LogP contribution is -2.53. The first kappa shape index (κ1) is 25.1. The number of carbonyl (C=O) groups is 1. The zero-order valence-corrected chi connectivity index (χ0v) is 23.0. The van der Waals surface area contributed by atoms with E-state index in [1.54, 1.807) is 12.4 Å². The lowest BCUT2D eigenvalue weighted by atomic mass is 9.47. The van der Waals surface area contributed by atoms with Gasteiger partial charge in [0.15, 0.2) is 5.13 Å². The Balaban J connectivity index is 1.13. The quantitative estimate of drug-likeness (QED) is 0.285. The largest absolute Gasteiger partial charge is 0.344 e. The molecular formula is C33H25N5O2S. The van der Waals surface area contributed by atoms with Gasteiger partial charge in [-0.25, -0.2) is 14.8 Å². The number of anilines is 1. The topological polar surface area (TPSA) is 112 Å². The number of hydrogen-bond donors (Lipinski definition) is 2. The molecule has 2 N–H and O–H groups in total. The molecule has 3 aliphatic rings. The highest BCUT2D eigenvalue weighted by molar-refractivity contribution is 7.13. The van der Waals surface area contributed by atoms with Crippen LogP contribution in [0.2, 0.25) is 0 Å². The summed E-state index contributed by atoms with van der Waals surface area (Å²) in [5, 5.41) is 16.2. The molecule has 1 atom stereocenters. The summed E-state index contributed by atoms with van der Waals surface area (Å²) in [7, 11) is 0. The van der Waals surface area contributed by atoms with Crippen molar-refractivity contribution in [3.63, 3.8) is 0 Å². The van der Waals surface area contributed by atoms with Gasteiger partial charge < -0.3 is 10.3 Å². The van der Waals surface area contributed by atoms with E-state index in [1.807, 2.05) is 73.0 Å². The van der Waals surface area contributed by atoms with Crippen LogP contribution in [0.3, 0.4) is 0 Å². The van der Waals surface area contributed by atoms with Gasteiger partial charge in [-0.05, 0) is 46.7 Å². The number of amides is 1. The third kappa shape index (κ3) is 3.92. The van der Waals surface area contributed by atoms with Crippen LogP contribution in [0.4, 0.5) is 5.13 Å². The first-order chi connectivity index (χ1) is 19.9. The van der Waals surface area contributed by atoms with Crippen molar-refractivity contribution in [2.45, 2.75) is 31.1 Å². The van der Waals surface area contributed by atoms with E-state index in [1.165, 1.54) is 11.3 Å². The predicted octanol–water partition coefficient (Wildman–Crippen LogP) is 5.79. The number of benzene rings is 3. The molecule has 200 valence electrons. The monoisotopic (exact) mass is 555 g/mol. The van der Waals surface area contributed by atoms with Gasteiger partial charge in [0.05, 0.1) is 17.2 Å². The van der Waals surface area contributed by atoms with Crippen molar-refractivity contribution in [2.75, 3.05) is 5.32 Å². The maximum Gasteiger partial charge on any atom is 0.344 e. The molecule has 0 aliphatic heterocycles. The van der Waals surface area contributed by atoms with Crippen LogP contribution in [-0.4, -0.2) is 20.9 Å². The molecule has 2 bridgehead atoms. The van der Waals surface area contributed by atoms with Crippen LogP contribution >= 0.6 is 11.3 Å². The number of carbonyl (C=O) groups excluding carboxylic acids is 1. The lowest BCUT2D eigenvalue weighted by molar-refractivity contribution is -0.127. The second-order valence-corrected chi connectivity index (χ2v) is 11.9. The average Bonchev–Trinajstić information content (AvgIpc) is 3.44. The highest BCUT2D eigenvalue weighted by Gasteiger charge is 2.61. The molecule has 1 unspecified atom stereocenters. The molecule has 2 heterocycles. The van der Waals surface area contributed by atoms with Crippen LogP contribution in [0.25, 0.3) is 11.1 Å². The molecule has 7 nitrogen and oxygen atoms in total. The Hall–Kier alpha value is -4.87. The molecule has 41 heavy (non-hydrogen) atoms. The van der Waals surface area contributed by atoms with Crippen molar-refractivity contribution in [2.24, 2.45) is 5.41 Å². The smallest absolute Gasteiger partial charge is 0.312 e. The van der Waals surface area contributed by atoms with E-state index in [9.17, 15) is 14.9 Å². The van der Waals surface area contributed by atoms with E-state index in [0.717, 1.165) is 44.6 Å². The third-order valence-electron chi connectivity index (χ3n) is 8.56. The number of H-pyrrole nitrogens is 1. The Labute approximate surface area is 240 Å². The van der Waals surface area contributed by atoms with Crippen LogP contribution in [0.15, 0.2) is 95.4 Å². The van der Waals surface area contributed by atoms with Crippen LogP contribution in [0.1, 0.15) is 52.8 Å². The molecule has 0 fully saturated rings. The minimum absolute atomic E-state index is 0.120. The van der Waals surface area contributed by atoms with Crippen LogP contribution in [0, 0.1) is 16.7 Å². The first-order valence-corrected chi connectivity index (χ1v) is 14.3. The zero-order valence-electron chi connectivity index (χ0n) is 22.2. The molecule has 0 saturated heterocycles. The van der Waals surface area contributed by atoms with E-state index in [4.69, 9.17) is 4.98 Å². The molecule has 1 amide bonds. The number of aromatic amines is 1. The van der Waals surface area contributed by atoms with E-state index in [0.29, 0.717) is 18.0 Å². The maximum atomic E-state index is 14.0. The molecule has 2 aromatic heterocycles. The Kier molecular flexibility index (Phi) is 5.73. The number of nitrogens with one attached hydrogen (secondary N) is 2. The second kappa shape index (κ2) is 9.36. The standard InChI is InChI=1S/C33H25N5O2S/c1-32(18-33(19-34)26-8-4-2-6-24(26)28(32)25-7-3-5-9-27(25)33)29(39)38-31-37-23(17-41-31)14-20-10-12-21(13-11-20)22-15-35-30(40)36-16-22/h2-13,15-17,28H,14,18H2,1H3,(H,35,36,40)(H,37,38,39). The number of fused-ring (bicyclic) bond motifs is 1. The fourth-order valence-electron chi connectivity index (χ4n) is 6.70. The van der Waals surface area contributed by atoms with Crippen LogP contribution in [-0.2, 0) is 16.6 Å². The molecule has 0 saturated carbocycles. The highest BCUT2D eigenvalue weighted by atomic mass is 32.1. The fraction of sp³-hybridized carbons (Fsp3) is 0.182. The van der Waals surface area contributed by atoms with Gasteiger partial charge in [0, 0.05) is 35.7 Å². The average molecular weight is 556 g/mol. The molecule has 0 spiro atoms. The second-order valence-electron chi connectivity index (χ2n) is 11.0.